The smallest absolute Gasteiger partial charge is 0.410 e. The Bertz CT molecular complexity index is 860. The van der Waals surface area contributed by atoms with Gasteiger partial charge in [0.2, 0.25) is 0 Å². The van der Waals surface area contributed by atoms with Gasteiger partial charge in [0.05, 0.1) is 5.41 Å². The second-order valence-corrected chi connectivity index (χ2v) is 8.36. The summed E-state index contributed by atoms with van der Waals surface area (Å²) in [6.45, 7) is 5.93. The SMILES string of the molecule is CC(C)(C)OC(=O)N1CCC(Cc2cccc(-c3cccnc3)c2)(C(=O)O)C1. The number of pyridine rings is 1. The highest BCUT2D eigenvalue weighted by Gasteiger charge is 2.47. The lowest BCUT2D eigenvalue weighted by molar-refractivity contribution is -0.148. The lowest BCUT2D eigenvalue weighted by Gasteiger charge is -2.27. The summed E-state index contributed by atoms with van der Waals surface area (Å²) in [5, 5.41) is 9.95. The summed E-state index contributed by atoms with van der Waals surface area (Å²) in [5.41, 5.74) is 1.28. The van der Waals surface area contributed by atoms with E-state index in [-0.39, 0.29) is 6.54 Å². The quantitative estimate of drug-likeness (QED) is 0.864. The first-order chi connectivity index (χ1) is 13.2. The molecule has 2 heterocycles. The molecule has 0 saturated carbocycles. The van der Waals surface area contributed by atoms with Gasteiger partial charge in [-0.3, -0.25) is 9.78 Å². The minimum atomic E-state index is -1.01. The molecule has 1 saturated heterocycles. The van der Waals surface area contributed by atoms with Crippen LogP contribution < -0.4 is 0 Å². The minimum Gasteiger partial charge on any atom is -0.481 e. The van der Waals surface area contributed by atoms with Crippen molar-refractivity contribution < 1.29 is 19.4 Å². The molecule has 2 aromatic rings. The van der Waals surface area contributed by atoms with Crippen molar-refractivity contribution in [2.45, 2.75) is 39.2 Å². The second kappa shape index (κ2) is 7.62. The number of hydrogen-bond acceptors (Lipinski definition) is 4. The standard InChI is InChI=1S/C22H26N2O4/c1-21(2,3)28-20(27)24-11-9-22(15-24,19(25)26)13-16-6-4-7-17(12-16)18-8-5-10-23-14-18/h4-8,10,12,14H,9,11,13,15H2,1-3H3,(H,25,26). The number of rotatable bonds is 4. The number of carbonyl (C=O) groups excluding carboxylic acids is 1. The number of carbonyl (C=O) groups is 2. The Morgan fingerprint density at radius 3 is 2.61 bits per heavy atom. The van der Waals surface area contributed by atoms with E-state index in [1.807, 2.05) is 36.4 Å². The lowest BCUT2D eigenvalue weighted by Crippen LogP contribution is -2.40. The summed E-state index contributed by atoms with van der Waals surface area (Å²) in [7, 11) is 0. The normalized spacial score (nSPS) is 19.5. The third-order valence-electron chi connectivity index (χ3n) is 4.92. The van der Waals surface area contributed by atoms with E-state index in [0.29, 0.717) is 19.4 Å². The van der Waals surface area contributed by atoms with Crippen molar-refractivity contribution in [2.24, 2.45) is 5.41 Å². The highest BCUT2D eigenvalue weighted by molar-refractivity contribution is 5.78. The maximum absolute atomic E-state index is 12.4. The molecule has 0 spiro atoms. The molecule has 6 nitrogen and oxygen atoms in total. The van der Waals surface area contributed by atoms with Gasteiger partial charge < -0.3 is 14.7 Å². The summed E-state index contributed by atoms with van der Waals surface area (Å²) < 4.78 is 5.41. The molecule has 148 valence electrons. The molecule has 1 aliphatic heterocycles. The summed E-state index contributed by atoms with van der Waals surface area (Å²) in [5.74, 6) is -0.884. The third kappa shape index (κ3) is 4.50. The van der Waals surface area contributed by atoms with Crippen molar-refractivity contribution in [3.05, 3.63) is 54.4 Å². The Morgan fingerprint density at radius 2 is 1.96 bits per heavy atom. The van der Waals surface area contributed by atoms with Gasteiger partial charge >= 0.3 is 12.1 Å². The molecule has 1 fully saturated rings. The molecule has 0 radical (unpaired) electrons. The van der Waals surface area contributed by atoms with Crippen molar-refractivity contribution in [3.8, 4) is 11.1 Å². The van der Waals surface area contributed by atoms with Gasteiger partial charge in [-0.25, -0.2) is 4.79 Å². The van der Waals surface area contributed by atoms with Crippen molar-refractivity contribution >= 4 is 12.1 Å². The average molecular weight is 382 g/mol. The molecule has 1 unspecified atom stereocenters. The largest absolute Gasteiger partial charge is 0.481 e. The van der Waals surface area contributed by atoms with Gasteiger partial charge in [-0.1, -0.05) is 30.3 Å². The van der Waals surface area contributed by atoms with Crippen LogP contribution in [0.4, 0.5) is 4.79 Å². The number of hydrogen-bond donors (Lipinski definition) is 1. The van der Waals surface area contributed by atoms with Gasteiger partial charge in [-0.05, 0) is 56.4 Å². The summed E-state index contributed by atoms with van der Waals surface area (Å²) >= 11 is 0. The van der Waals surface area contributed by atoms with Crippen LogP contribution in [0.2, 0.25) is 0 Å². The Balaban J connectivity index is 1.79. The Labute approximate surface area is 165 Å². The van der Waals surface area contributed by atoms with Crippen LogP contribution in [0.1, 0.15) is 32.8 Å². The first-order valence-electron chi connectivity index (χ1n) is 9.39. The van der Waals surface area contributed by atoms with Crippen molar-refractivity contribution in [2.75, 3.05) is 13.1 Å². The molecule has 1 amide bonds. The van der Waals surface area contributed by atoms with E-state index in [4.69, 9.17) is 4.74 Å². The molecule has 6 heteroatoms. The van der Waals surface area contributed by atoms with Crippen LogP contribution in [0.3, 0.4) is 0 Å². The maximum atomic E-state index is 12.4. The van der Waals surface area contributed by atoms with E-state index in [9.17, 15) is 14.7 Å². The lowest BCUT2D eigenvalue weighted by atomic mass is 9.80. The number of nitrogens with zero attached hydrogens (tertiary/aromatic N) is 2. The van der Waals surface area contributed by atoms with Gasteiger partial charge in [-0.15, -0.1) is 0 Å². The zero-order valence-electron chi connectivity index (χ0n) is 16.5. The van der Waals surface area contributed by atoms with E-state index in [1.54, 1.807) is 33.2 Å². The number of ether oxygens (including phenoxy) is 1. The second-order valence-electron chi connectivity index (χ2n) is 8.36. The summed E-state index contributed by atoms with van der Waals surface area (Å²) in [6.07, 6.45) is 3.80. The van der Waals surface area contributed by atoms with Crippen LogP contribution >= 0.6 is 0 Å². The van der Waals surface area contributed by atoms with Crippen LogP contribution in [0.25, 0.3) is 11.1 Å². The fraction of sp³-hybridized carbons (Fsp3) is 0.409. The van der Waals surface area contributed by atoms with Crippen LogP contribution in [0, 0.1) is 5.41 Å². The third-order valence-corrected chi connectivity index (χ3v) is 4.92. The van der Waals surface area contributed by atoms with Crippen molar-refractivity contribution in [1.82, 2.24) is 9.88 Å². The van der Waals surface area contributed by atoms with Gasteiger partial charge in [0.15, 0.2) is 0 Å². The number of carboxylic acids is 1. The first kappa shape index (κ1) is 19.9. The topological polar surface area (TPSA) is 79.7 Å². The monoisotopic (exact) mass is 382 g/mol. The van der Waals surface area contributed by atoms with Gasteiger partial charge in [0, 0.05) is 25.5 Å². The minimum absolute atomic E-state index is 0.147. The number of aliphatic carboxylic acids is 1. The van der Waals surface area contributed by atoms with Crippen LogP contribution in [0.5, 0.6) is 0 Å². The number of amides is 1. The molecular weight excluding hydrogens is 356 g/mol. The summed E-state index contributed by atoms with van der Waals surface area (Å²) in [6, 6.07) is 11.7. The average Bonchev–Trinajstić information content (AvgIpc) is 3.07. The molecule has 0 bridgehead atoms. The molecule has 1 aliphatic rings. The van der Waals surface area contributed by atoms with E-state index < -0.39 is 23.1 Å². The Kier molecular flexibility index (Phi) is 5.40. The summed E-state index contributed by atoms with van der Waals surface area (Å²) in [4.78, 5) is 30.2. The number of aromatic nitrogens is 1. The molecule has 0 aliphatic carbocycles. The van der Waals surface area contributed by atoms with E-state index in [0.717, 1.165) is 16.7 Å². The predicted molar refractivity (Wildman–Crippen MR) is 106 cm³/mol. The highest BCUT2D eigenvalue weighted by atomic mass is 16.6. The van der Waals surface area contributed by atoms with Gasteiger partial charge in [0.1, 0.15) is 5.60 Å². The molecule has 1 N–H and O–H groups in total. The molecular formula is C22H26N2O4. The van der Waals surface area contributed by atoms with Crippen LogP contribution in [-0.4, -0.2) is 45.7 Å². The molecule has 1 aromatic carbocycles. The molecule has 1 aromatic heterocycles. The Hall–Kier alpha value is -2.89. The fourth-order valence-electron chi connectivity index (χ4n) is 3.53. The van der Waals surface area contributed by atoms with Crippen LogP contribution in [-0.2, 0) is 16.0 Å². The van der Waals surface area contributed by atoms with E-state index >= 15 is 0 Å². The zero-order valence-corrected chi connectivity index (χ0v) is 16.5. The van der Waals surface area contributed by atoms with Gasteiger partial charge in [-0.2, -0.15) is 0 Å². The molecule has 1 atom stereocenters. The number of carboxylic acid groups (broad SMARTS) is 1. The Morgan fingerprint density at radius 1 is 1.21 bits per heavy atom. The number of benzene rings is 1. The van der Waals surface area contributed by atoms with Crippen LogP contribution in [0.15, 0.2) is 48.8 Å². The van der Waals surface area contributed by atoms with Crippen molar-refractivity contribution in [1.29, 1.82) is 0 Å². The van der Waals surface area contributed by atoms with E-state index in [2.05, 4.69) is 4.98 Å². The van der Waals surface area contributed by atoms with Gasteiger partial charge in [0.25, 0.3) is 0 Å². The molecule has 3 rings (SSSR count). The fourth-order valence-corrected chi connectivity index (χ4v) is 3.53. The first-order valence-corrected chi connectivity index (χ1v) is 9.39. The maximum Gasteiger partial charge on any atom is 0.410 e. The highest BCUT2D eigenvalue weighted by Crippen LogP contribution is 2.36. The van der Waals surface area contributed by atoms with E-state index in [1.165, 1.54) is 4.90 Å². The number of likely N-dealkylation sites (tertiary alicyclic amines) is 1. The van der Waals surface area contributed by atoms with Crippen molar-refractivity contribution in [3.63, 3.8) is 0 Å². The predicted octanol–water partition coefficient (Wildman–Crippen LogP) is 4.00. The molecule has 28 heavy (non-hydrogen) atoms. The zero-order chi connectivity index (χ0) is 20.4.